The average Bonchev–Trinajstić information content (AvgIpc) is 2.85. The zero-order valence-corrected chi connectivity index (χ0v) is 20.5. The molecule has 2 heterocycles. The van der Waals surface area contributed by atoms with Gasteiger partial charge in [0.2, 0.25) is 5.91 Å². The number of hydrogen-bond donors (Lipinski definition) is 2. The number of halogens is 1. The highest BCUT2D eigenvalue weighted by atomic mass is 35.5. The van der Waals surface area contributed by atoms with E-state index in [0.29, 0.717) is 17.0 Å². The van der Waals surface area contributed by atoms with Crippen molar-refractivity contribution in [3.63, 3.8) is 0 Å². The minimum Gasteiger partial charge on any atom is -0.324 e. The molecule has 2 aliphatic rings. The number of carbonyl (C=O) groups excluding carboxylic acids is 2. The molecule has 0 unspecified atom stereocenters. The Labute approximate surface area is 210 Å². The van der Waals surface area contributed by atoms with Gasteiger partial charge in [-0.25, -0.2) is 0 Å². The number of nitrogens with one attached hydrogen (secondary N) is 2. The van der Waals surface area contributed by atoms with Crippen LogP contribution in [-0.2, 0) is 11.3 Å². The molecule has 5 rings (SSSR count). The van der Waals surface area contributed by atoms with Gasteiger partial charge in [0.05, 0.1) is 11.4 Å². The number of likely N-dealkylation sites (tertiary alicyclic amines) is 1. The lowest BCUT2D eigenvalue weighted by Crippen LogP contribution is -2.29. The van der Waals surface area contributed by atoms with E-state index in [0.717, 1.165) is 30.2 Å². The van der Waals surface area contributed by atoms with Crippen molar-refractivity contribution < 1.29 is 9.59 Å². The Hall–Kier alpha value is -2.80. The van der Waals surface area contributed by atoms with Crippen LogP contribution in [0.5, 0.6) is 0 Å². The standard InChI is InChI=1S/C27H27N3O2S.ClH/c31-26-18-33-25-12-10-22(16-24(25)29-26)28-27(32)20-9-11-23(19-7-3-1-4-8-19)21(15-20)17-30-13-5-2-6-14-30;/h1,3-4,7-12,15-16H,2,5-6,13-14,17-18H2,(H,28,32)(H,29,31);1H. The predicted molar refractivity (Wildman–Crippen MR) is 142 cm³/mol. The molecule has 0 aromatic heterocycles. The molecule has 176 valence electrons. The SMILES string of the molecule is Cl.O=C1CSc2ccc(NC(=O)c3ccc(-c4ccccc4)c(CN4CCCCC4)c3)cc2N1. The zero-order valence-electron chi connectivity index (χ0n) is 18.9. The van der Waals surface area contributed by atoms with Gasteiger partial charge in [-0.2, -0.15) is 0 Å². The molecule has 1 saturated heterocycles. The van der Waals surface area contributed by atoms with Crippen LogP contribution in [-0.4, -0.2) is 35.6 Å². The zero-order chi connectivity index (χ0) is 22.6. The molecule has 7 heteroatoms. The molecule has 0 radical (unpaired) electrons. The van der Waals surface area contributed by atoms with Gasteiger partial charge in [0.15, 0.2) is 0 Å². The van der Waals surface area contributed by atoms with E-state index in [1.807, 2.05) is 48.5 Å². The van der Waals surface area contributed by atoms with Gasteiger partial charge in [0, 0.05) is 22.7 Å². The molecule has 0 spiro atoms. The van der Waals surface area contributed by atoms with Crippen molar-refractivity contribution in [2.45, 2.75) is 30.7 Å². The van der Waals surface area contributed by atoms with E-state index >= 15 is 0 Å². The maximum Gasteiger partial charge on any atom is 0.255 e. The maximum atomic E-state index is 13.1. The second-order valence-corrected chi connectivity index (χ2v) is 9.59. The quantitative estimate of drug-likeness (QED) is 0.453. The first-order valence-corrected chi connectivity index (χ1v) is 12.4. The first-order valence-electron chi connectivity index (χ1n) is 11.4. The fraction of sp³-hybridized carbons (Fsp3) is 0.259. The largest absolute Gasteiger partial charge is 0.324 e. The third-order valence-electron chi connectivity index (χ3n) is 6.17. The van der Waals surface area contributed by atoms with Crippen molar-refractivity contribution in [1.29, 1.82) is 0 Å². The smallest absolute Gasteiger partial charge is 0.255 e. The summed E-state index contributed by atoms with van der Waals surface area (Å²) in [5.74, 6) is 0.255. The van der Waals surface area contributed by atoms with E-state index in [2.05, 4.69) is 33.7 Å². The molecule has 1 fully saturated rings. The van der Waals surface area contributed by atoms with Gasteiger partial charge in [0.1, 0.15) is 0 Å². The summed E-state index contributed by atoms with van der Waals surface area (Å²) in [6, 6.07) is 22.0. The number of nitrogens with zero attached hydrogens (tertiary/aromatic N) is 1. The van der Waals surface area contributed by atoms with Crippen molar-refractivity contribution in [1.82, 2.24) is 4.90 Å². The molecule has 0 bridgehead atoms. The van der Waals surface area contributed by atoms with Gasteiger partial charge < -0.3 is 10.6 Å². The van der Waals surface area contributed by atoms with Crippen LogP contribution in [0.4, 0.5) is 11.4 Å². The number of carbonyl (C=O) groups is 2. The van der Waals surface area contributed by atoms with Crippen molar-refractivity contribution in [2.75, 3.05) is 29.5 Å². The molecule has 0 atom stereocenters. The van der Waals surface area contributed by atoms with Gasteiger partial charge in [-0.3, -0.25) is 14.5 Å². The maximum absolute atomic E-state index is 13.1. The van der Waals surface area contributed by atoms with E-state index in [1.165, 1.54) is 47.7 Å². The fourth-order valence-corrected chi connectivity index (χ4v) is 5.28. The van der Waals surface area contributed by atoms with E-state index < -0.39 is 0 Å². The number of thioether (sulfide) groups is 1. The summed E-state index contributed by atoms with van der Waals surface area (Å²) in [4.78, 5) is 28.3. The number of benzene rings is 3. The Balaban J connectivity index is 0.00000274. The molecule has 34 heavy (non-hydrogen) atoms. The third-order valence-corrected chi connectivity index (χ3v) is 7.24. The van der Waals surface area contributed by atoms with Crippen molar-refractivity contribution >= 4 is 47.4 Å². The summed E-state index contributed by atoms with van der Waals surface area (Å²) in [7, 11) is 0. The van der Waals surface area contributed by atoms with Crippen LogP contribution in [0.3, 0.4) is 0 Å². The number of anilines is 2. The van der Waals surface area contributed by atoms with Gasteiger partial charge in [0.25, 0.3) is 5.91 Å². The van der Waals surface area contributed by atoms with Crippen LogP contribution in [0.15, 0.2) is 71.6 Å². The normalized spacial score (nSPS) is 15.6. The monoisotopic (exact) mass is 493 g/mol. The number of piperidine rings is 1. The Kier molecular flexibility index (Phi) is 7.93. The van der Waals surface area contributed by atoms with Gasteiger partial charge in [-0.15, -0.1) is 24.2 Å². The van der Waals surface area contributed by atoms with Crippen LogP contribution in [0.25, 0.3) is 11.1 Å². The van der Waals surface area contributed by atoms with Crippen LogP contribution in [0.2, 0.25) is 0 Å². The molecule has 2 aliphatic heterocycles. The molecule has 0 saturated carbocycles. The summed E-state index contributed by atoms with van der Waals surface area (Å²) in [5, 5.41) is 5.88. The molecular formula is C27H28ClN3O2S. The van der Waals surface area contributed by atoms with Crippen LogP contribution in [0.1, 0.15) is 35.2 Å². The Morgan fingerprint density at radius 2 is 1.76 bits per heavy atom. The summed E-state index contributed by atoms with van der Waals surface area (Å²) >= 11 is 1.51. The van der Waals surface area contributed by atoms with Gasteiger partial charge in [-0.1, -0.05) is 42.8 Å². The topological polar surface area (TPSA) is 61.4 Å². The second-order valence-electron chi connectivity index (χ2n) is 8.58. The number of amides is 2. The first kappa shape index (κ1) is 24.3. The lowest BCUT2D eigenvalue weighted by Gasteiger charge is -2.27. The predicted octanol–water partition coefficient (Wildman–Crippen LogP) is 6.06. The number of rotatable bonds is 5. The summed E-state index contributed by atoms with van der Waals surface area (Å²) in [6.45, 7) is 3.04. The molecule has 0 aliphatic carbocycles. The third kappa shape index (κ3) is 5.63. The molecule has 2 amide bonds. The first-order chi connectivity index (χ1) is 16.2. The molecule has 3 aromatic rings. The van der Waals surface area contributed by atoms with Gasteiger partial charge in [-0.05, 0) is 73.0 Å². The number of hydrogen-bond acceptors (Lipinski definition) is 4. The highest BCUT2D eigenvalue weighted by molar-refractivity contribution is 8.00. The Morgan fingerprint density at radius 1 is 0.971 bits per heavy atom. The minimum atomic E-state index is -0.149. The van der Waals surface area contributed by atoms with Gasteiger partial charge >= 0.3 is 0 Å². The Bertz CT molecular complexity index is 1180. The lowest BCUT2D eigenvalue weighted by molar-refractivity contribution is -0.113. The minimum absolute atomic E-state index is 0. The Morgan fingerprint density at radius 3 is 2.56 bits per heavy atom. The van der Waals surface area contributed by atoms with Crippen LogP contribution >= 0.6 is 24.2 Å². The fourth-order valence-electron chi connectivity index (χ4n) is 4.49. The van der Waals surface area contributed by atoms with Crippen molar-refractivity contribution in [3.05, 3.63) is 77.9 Å². The summed E-state index contributed by atoms with van der Waals surface area (Å²) < 4.78 is 0. The summed E-state index contributed by atoms with van der Waals surface area (Å²) in [5.41, 5.74) is 5.57. The van der Waals surface area contributed by atoms with E-state index in [4.69, 9.17) is 0 Å². The lowest BCUT2D eigenvalue weighted by atomic mass is 9.96. The van der Waals surface area contributed by atoms with E-state index in [-0.39, 0.29) is 24.2 Å². The van der Waals surface area contributed by atoms with E-state index in [9.17, 15) is 9.59 Å². The second kappa shape index (κ2) is 11.1. The molecule has 3 aromatic carbocycles. The van der Waals surface area contributed by atoms with Crippen LogP contribution in [0, 0.1) is 0 Å². The van der Waals surface area contributed by atoms with Crippen molar-refractivity contribution in [2.24, 2.45) is 0 Å². The number of fused-ring (bicyclic) bond motifs is 1. The molecular weight excluding hydrogens is 466 g/mol. The summed E-state index contributed by atoms with van der Waals surface area (Å²) in [6.07, 6.45) is 3.76. The molecule has 5 nitrogen and oxygen atoms in total. The van der Waals surface area contributed by atoms with Crippen molar-refractivity contribution in [3.8, 4) is 11.1 Å². The van der Waals surface area contributed by atoms with Crippen LogP contribution < -0.4 is 10.6 Å². The highest BCUT2D eigenvalue weighted by Crippen LogP contribution is 2.34. The van der Waals surface area contributed by atoms with E-state index in [1.54, 1.807) is 0 Å². The average molecular weight is 494 g/mol. The highest BCUT2D eigenvalue weighted by Gasteiger charge is 2.18. The molecule has 2 N–H and O–H groups in total.